The summed E-state index contributed by atoms with van der Waals surface area (Å²) >= 11 is 0. The van der Waals surface area contributed by atoms with Crippen molar-refractivity contribution >= 4 is 23.6 Å². The van der Waals surface area contributed by atoms with E-state index in [1.54, 1.807) is 12.2 Å². The molecule has 0 aliphatic heterocycles. The van der Waals surface area contributed by atoms with Crippen LogP contribution in [0.1, 0.15) is 97.3 Å². The Hall–Kier alpha value is -2.56. The van der Waals surface area contributed by atoms with Gasteiger partial charge >= 0.3 is 6.09 Å². The Labute approximate surface area is 271 Å². The third-order valence-electron chi connectivity index (χ3n) is 13.1. The first-order valence-corrected chi connectivity index (χ1v) is 17.6. The van der Waals surface area contributed by atoms with E-state index in [1.165, 1.54) is 0 Å². The van der Waals surface area contributed by atoms with E-state index in [-0.39, 0.29) is 53.8 Å². The van der Waals surface area contributed by atoms with Crippen molar-refractivity contribution in [1.82, 2.24) is 5.32 Å². The lowest BCUT2D eigenvalue weighted by atomic mass is 9.46. The molecule has 2 unspecified atom stereocenters. The number of rotatable bonds is 8. The van der Waals surface area contributed by atoms with E-state index in [2.05, 4.69) is 12.2 Å². The molecule has 0 aromatic rings. The number of amides is 2. The zero-order valence-corrected chi connectivity index (χ0v) is 27.4. The fraction of sp³-hybridized carbons (Fsp3) is 0.778. The predicted molar refractivity (Wildman–Crippen MR) is 169 cm³/mol. The summed E-state index contributed by atoms with van der Waals surface area (Å²) < 4.78 is 12.4. The highest BCUT2D eigenvalue weighted by Gasteiger charge is 2.73. The maximum atomic E-state index is 14.4. The molecule has 10 nitrogen and oxygen atoms in total. The van der Waals surface area contributed by atoms with Gasteiger partial charge in [0.05, 0.1) is 18.3 Å². The van der Waals surface area contributed by atoms with Gasteiger partial charge in [0.1, 0.15) is 0 Å². The van der Waals surface area contributed by atoms with Gasteiger partial charge in [0.2, 0.25) is 11.7 Å². The van der Waals surface area contributed by atoms with Crippen molar-refractivity contribution in [3.8, 4) is 0 Å². The van der Waals surface area contributed by atoms with Crippen molar-refractivity contribution in [2.24, 2.45) is 46.2 Å². The van der Waals surface area contributed by atoms with E-state index < -0.39 is 47.1 Å². The normalized spacial score (nSPS) is 42.3. The Balaban J connectivity index is 1.20. The first-order chi connectivity index (χ1) is 21.9. The highest BCUT2D eigenvalue weighted by Crippen LogP contribution is 2.68. The smallest absolute Gasteiger partial charge is 0.407 e. The molecule has 5 N–H and O–H groups in total. The van der Waals surface area contributed by atoms with Crippen LogP contribution in [0.15, 0.2) is 23.8 Å². The van der Waals surface area contributed by atoms with Gasteiger partial charge in [0, 0.05) is 29.2 Å². The zero-order chi connectivity index (χ0) is 32.9. The molecule has 0 saturated heterocycles. The summed E-state index contributed by atoms with van der Waals surface area (Å²) in [6.45, 7) is 3.94. The number of primary amides is 1. The van der Waals surface area contributed by atoms with Crippen molar-refractivity contribution in [2.45, 2.75) is 121 Å². The van der Waals surface area contributed by atoms with Gasteiger partial charge in [-0.25, -0.2) is 4.79 Å². The van der Waals surface area contributed by atoms with Crippen LogP contribution in [0.2, 0.25) is 0 Å². The van der Waals surface area contributed by atoms with Crippen LogP contribution in [0.5, 0.6) is 0 Å². The van der Waals surface area contributed by atoms with Crippen molar-refractivity contribution in [3.63, 3.8) is 0 Å². The largest absolute Gasteiger partial charge is 0.441 e. The Morgan fingerprint density at radius 2 is 1.74 bits per heavy atom. The average Bonchev–Trinajstić information content (AvgIpc) is 3.25. The summed E-state index contributed by atoms with van der Waals surface area (Å²) in [7, 11) is 0. The second kappa shape index (κ2) is 12.8. The standard InChI is InChI=1S/C36H52N2O8/c1-34-15-14-24(39)16-23(34)12-13-26-27-17-29(41)36(46-25-6-4-3-5-7-25,35(27,2)18-28(40)31(26)34)30(42)20-45-33(44)38-19-21-8-10-22(11-9-21)32(37)43/h14-16,21-22,25-29,31,40-41H,3-13,17-20H2,1-2H3,(H2,37,43)(H,38,44)/t21?,22?,26-,27?,28-,29+,31?,34-,35-,36-/m0/s1. The first kappa shape index (κ1) is 33.3. The molecule has 6 rings (SSSR count). The third kappa shape index (κ3) is 5.66. The molecule has 10 heteroatoms. The monoisotopic (exact) mass is 640 g/mol. The minimum absolute atomic E-state index is 0.0157. The molecular formula is C36H52N2O8. The lowest BCUT2D eigenvalue weighted by Crippen LogP contribution is -2.66. The van der Waals surface area contributed by atoms with Crippen molar-refractivity contribution in [3.05, 3.63) is 23.8 Å². The van der Waals surface area contributed by atoms with Gasteiger partial charge in [0.15, 0.2) is 18.0 Å². The van der Waals surface area contributed by atoms with Crippen molar-refractivity contribution in [2.75, 3.05) is 13.2 Å². The molecule has 0 aromatic carbocycles. The summed E-state index contributed by atoms with van der Waals surface area (Å²) in [5.74, 6) is -0.900. The quantitative estimate of drug-likeness (QED) is 0.310. The Morgan fingerprint density at radius 1 is 1.02 bits per heavy atom. The summed E-state index contributed by atoms with van der Waals surface area (Å²) in [4.78, 5) is 51.0. The summed E-state index contributed by atoms with van der Waals surface area (Å²) in [6, 6.07) is 0. The molecule has 2 amide bonds. The van der Waals surface area contributed by atoms with Gasteiger partial charge in [-0.05, 0) is 94.1 Å². The van der Waals surface area contributed by atoms with Crippen LogP contribution in [-0.4, -0.2) is 70.8 Å². The lowest BCUT2D eigenvalue weighted by Gasteiger charge is -2.60. The third-order valence-corrected chi connectivity index (χ3v) is 13.1. The molecule has 0 radical (unpaired) electrons. The highest BCUT2D eigenvalue weighted by molar-refractivity contribution is 6.01. The van der Waals surface area contributed by atoms with Crippen molar-refractivity contribution in [1.29, 1.82) is 0 Å². The van der Waals surface area contributed by atoms with Crippen LogP contribution >= 0.6 is 0 Å². The molecule has 0 aromatic heterocycles. The molecule has 6 aliphatic carbocycles. The number of Topliss-reactive ketones (excluding diaryl/α,β-unsaturated/α-hetero) is 1. The number of ketones is 2. The number of aliphatic hydroxyl groups is 2. The Kier molecular flexibility index (Phi) is 9.28. The molecule has 0 spiro atoms. The maximum absolute atomic E-state index is 14.4. The minimum atomic E-state index is -1.62. The topological polar surface area (TPSA) is 165 Å². The molecule has 0 bridgehead atoms. The number of nitrogens with one attached hydrogen (secondary N) is 1. The van der Waals surface area contributed by atoms with E-state index in [0.717, 1.165) is 63.4 Å². The van der Waals surface area contributed by atoms with Crippen LogP contribution in [0.3, 0.4) is 0 Å². The number of alkyl carbamates (subject to hydrolysis) is 1. The number of carbonyl (C=O) groups excluding carboxylic acids is 4. The Morgan fingerprint density at radius 3 is 2.43 bits per heavy atom. The highest BCUT2D eigenvalue weighted by atomic mass is 16.6. The van der Waals surface area contributed by atoms with Crippen LogP contribution in [0.4, 0.5) is 4.79 Å². The molecule has 6 aliphatic rings. The van der Waals surface area contributed by atoms with Gasteiger partial charge in [-0.15, -0.1) is 0 Å². The average molecular weight is 641 g/mol. The number of nitrogens with two attached hydrogens (primary N) is 1. The van der Waals surface area contributed by atoms with Gasteiger partial charge in [0.25, 0.3) is 0 Å². The van der Waals surface area contributed by atoms with Crippen LogP contribution in [-0.2, 0) is 23.9 Å². The van der Waals surface area contributed by atoms with Gasteiger partial charge in [-0.2, -0.15) is 0 Å². The number of hydrogen-bond acceptors (Lipinski definition) is 8. The van der Waals surface area contributed by atoms with Crippen LogP contribution in [0, 0.1) is 40.4 Å². The summed E-state index contributed by atoms with van der Waals surface area (Å²) in [6.07, 6.45) is 12.2. The molecule has 5 saturated carbocycles. The number of hydrogen-bond donors (Lipinski definition) is 4. The molecule has 0 heterocycles. The first-order valence-electron chi connectivity index (χ1n) is 17.6. The number of ether oxygens (including phenoxy) is 2. The van der Waals surface area contributed by atoms with E-state index >= 15 is 0 Å². The minimum Gasteiger partial charge on any atom is -0.441 e. The predicted octanol–water partition coefficient (Wildman–Crippen LogP) is 3.91. The van der Waals surface area contributed by atoms with E-state index in [9.17, 15) is 29.4 Å². The van der Waals surface area contributed by atoms with Crippen molar-refractivity contribution < 1.29 is 38.9 Å². The van der Waals surface area contributed by atoms with Gasteiger partial charge < -0.3 is 30.7 Å². The van der Waals surface area contributed by atoms with E-state index in [4.69, 9.17) is 15.2 Å². The molecule has 5 fully saturated rings. The fourth-order valence-corrected chi connectivity index (χ4v) is 10.7. The van der Waals surface area contributed by atoms with Crippen LogP contribution < -0.4 is 11.1 Å². The zero-order valence-electron chi connectivity index (χ0n) is 27.4. The molecular weight excluding hydrogens is 588 g/mol. The van der Waals surface area contributed by atoms with Gasteiger partial charge in [-0.3, -0.25) is 14.4 Å². The molecule has 46 heavy (non-hydrogen) atoms. The molecule has 254 valence electrons. The second-order valence-electron chi connectivity index (χ2n) is 15.6. The number of carbonyl (C=O) groups is 4. The summed E-state index contributed by atoms with van der Waals surface area (Å²) in [5.41, 5.74) is 3.52. The SMILES string of the molecule is C[C@]12C=CC(=O)C=C1CC[C@@H]1C2[C@@H](O)C[C@@]2(C)C1C[C@@H](O)[C@]2(OC1CCCCC1)C(=O)COC(=O)NCC1CCC(C(N)=O)CC1. The fourth-order valence-electron chi connectivity index (χ4n) is 10.7. The second-order valence-corrected chi connectivity index (χ2v) is 15.6. The maximum Gasteiger partial charge on any atom is 0.407 e. The number of allylic oxidation sites excluding steroid dienone is 4. The van der Waals surface area contributed by atoms with E-state index in [0.29, 0.717) is 25.8 Å². The number of fused-ring (bicyclic) bond motifs is 5. The molecule has 8 atom stereocenters. The van der Waals surface area contributed by atoms with Gasteiger partial charge in [-0.1, -0.05) is 44.8 Å². The van der Waals surface area contributed by atoms with E-state index in [1.807, 2.05) is 13.0 Å². The lowest BCUT2D eigenvalue weighted by molar-refractivity contribution is -0.224. The number of aliphatic hydroxyl groups excluding tert-OH is 2. The Bertz CT molecular complexity index is 1280. The van der Waals surface area contributed by atoms with Crippen LogP contribution in [0.25, 0.3) is 0 Å². The summed E-state index contributed by atoms with van der Waals surface area (Å²) in [5, 5.41) is 26.7.